The second-order valence-electron chi connectivity index (χ2n) is 3.92. The molecule has 1 unspecified atom stereocenters. The Labute approximate surface area is 94.4 Å². The van der Waals surface area contributed by atoms with E-state index in [9.17, 15) is 9.90 Å². The van der Waals surface area contributed by atoms with E-state index in [-0.39, 0.29) is 11.9 Å². The summed E-state index contributed by atoms with van der Waals surface area (Å²) in [5.41, 5.74) is 1.22. The van der Waals surface area contributed by atoms with Crippen LogP contribution in [-0.2, 0) is 16.0 Å². The molecule has 84 valence electrons. The molecule has 0 saturated carbocycles. The number of aliphatic hydroxyl groups is 1. The van der Waals surface area contributed by atoms with Gasteiger partial charge in [0.15, 0.2) is 0 Å². The van der Waals surface area contributed by atoms with Gasteiger partial charge in [0, 0.05) is 6.42 Å². The minimum absolute atomic E-state index is 0.120. The third-order valence-corrected chi connectivity index (χ3v) is 2.60. The number of esters is 1. The summed E-state index contributed by atoms with van der Waals surface area (Å²) in [5.74, 6) is -0.323. The number of hydrogen-bond acceptors (Lipinski definition) is 3. The topological polar surface area (TPSA) is 46.5 Å². The molecule has 0 aromatic heterocycles. The molecule has 1 heterocycles. The van der Waals surface area contributed by atoms with Crippen molar-refractivity contribution in [3.8, 4) is 0 Å². The van der Waals surface area contributed by atoms with Gasteiger partial charge in [-0.2, -0.15) is 0 Å². The molecule has 0 fully saturated rings. The molecule has 0 saturated heterocycles. The van der Waals surface area contributed by atoms with Crippen LogP contribution in [0, 0.1) is 0 Å². The summed E-state index contributed by atoms with van der Waals surface area (Å²) in [7, 11) is 0. The maximum Gasteiger partial charge on any atom is 0.334 e. The molecule has 3 nitrogen and oxygen atoms in total. The molecule has 0 aliphatic carbocycles. The number of benzene rings is 1. The van der Waals surface area contributed by atoms with Gasteiger partial charge in [0.1, 0.15) is 11.9 Å². The monoisotopic (exact) mass is 218 g/mol. The van der Waals surface area contributed by atoms with E-state index in [0.717, 1.165) is 18.9 Å². The molecule has 3 heteroatoms. The van der Waals surface area contributed by atoms with Gasteiger partial charge < -0.3 is 9.84 Å². The van der Waals surface area contributed by atoms with Crippen molar-refractivity contribution < 1.29 is 14.6 Å². The molecule has 1 atom stereocenters. The van der Waals surface area contributed by atoms with Crippen LogP contribution < -0.4 is 0 Å². The number of carbonyl (C=O) groups excluding carboxylic acids is 1. The van der Waals surface area contributed by atoms with Crippen molar-refractivity contribution in [2.24, 2.45) is 0 Å². The second kappa shape index (κ2) is 4.84. The van der Waals surface area contributed by atoms with Gasteiger partial charge in [0.25, 0.3) is 0 Å². The number of aryl methyl sites for hydroxylation is 1. The lowest BCUT2D eigenvalue weighted by Gasteiger charge is -2.20. The Morgan fingerprint density at radius 1 is 1.31 bits per heavy atom. The Morgan fingerprint density at radius 2 is 2.06 bits per heavy atom. The van der Waals surface area contributed by atoms with Crippen molar-refractivity contribution in [2.45, 2.75) is 25.4 Å². The van der Waals surface area contributed by atoms with Crippen molar-refractivity contribution in [1.29, 1.82) is 0 Å². The minimum atomic E-state index is -0.443. The van der Waals surface area contributed by atoms with E-state index in [4.69, 9.17) is 4.74 Å². The highest BCUT2D eigenvalue weighted by atomic mass is 16.5. The molecule has 16 heavy (non-hydrogen) atoms. The Hall–Kier alpha value is -1.77. The van der Waals surface area contributed by atoms with Gasteiger partial charge in [0.2, 0.25) is 0 Å². The first-order valence-electron chi connectivity index (χ1n) is 5.38. The Kier molecular flexibility index (Phi) is 3.25. The predicted octanol–water partition coefficient (Wildman–Crippen LogP) is 2.38. The fourth-order valence-corrected chi connectivity index (χ4v) is 1.80. The molecular weight excluding hydrogens is 204 g/mol. The van der Waals surface area contributed by atoms with E-state index in [0.29, 0.717) is 6.42 Å². The summed E-state index contributed by atoms with van der Waals surface area (Å²) < 4.78 is 5.10. The molecular formula is C13H14O3. The molecule has 0 radical (unpaired) electrons. The average molecular weight is 218 g/mol. The van der Waals surface area contributed by atoms with E-state index in [1.807, 2.05) is 30.3 Å². The summed E-state index contributed by atoms with van der Waals surface area (Å²) >= 11 is 0. The average Bonchev–Trinajstić information content (AvgIpc) is 2.27. The van der Waals surface area contributed by atoms with Gasteiger partial charge in [-0.3, -0.25) is 0 Å². The van der Waals surface area contributed by atoms with Gasteiger partial charge in [-0.1, -0.05) is 30.3 Å². The van der Waals surface area contributed by atoms with Crippen LogP contribution in [0.4, 0.5) is 0 Å². The van der Waals surface area contributed by atoms with E-state index < -0.39 is 5.97 Å². The largest absolute Gasteiger partial charge is 0.512 e. The molecule has 0 amide bonds. The number of ether oxygens (including phenoxy) is 1. The number of rotatable bonds is 3. The summed E-state index contributed by atoms with van der Waals surface area (Å²) in [5, 5.41) is 9.31. The molecule has 1 N–H and O–H groups in total. The zero-order chi connectivity index (χ0) is 11.4. The van der Waals surface area contributed by atoms with Crippen LogP contribution in [0.15, 0.2) is 42.2 Å². The molecule has 2 rings (SSSR count). The summed E-state index contributed by atoms with van der Waals surface area (Å²) in [6, 6.07) is 10.0. The van der Waals surface area contributed by atoms with Crippen molar-refractivity contribution >= 4 is 5.97 Å². The summed E-state index contributed by atoms with van der Waals surface area (Å²) in [4.78, 5) is 11.0. The lowest BCUT2D eigenvalue weighted by atomic mass is 10.0. The number of hydrogen-bond donors (Lipinski definition) is 1. The standard InChI is InChI=1S/C13H14O3/c14-11-8-12(16-13(15)9-11)7-6-10-4-2-1-3-5-10/h1-5,9,12,14H,6-8H2. The SMILES string of the molecule is O=C1C=C(O)CC(CCc2ccccc2)O1. The molecule has 1 aromatic carbocycles. The molecule has 1 aliphatic rings. The lowest BCUT2D eigenvalue weighted by molar-refractivity contribution is -0.145. The summed E-state index contributed by atoms with van der Waals surface area (Å²) in [6.45, 7) is 0. The van der Waals surface area contributed by atoms with Gasteiger partial charge in [0.05, 0.1) is 6.08 Å². The Morgan fingerprint density at radius 3 is 2.75 bits per heavy atom. The Bertz CT molecular complexity index is 395. The highest BCUT2D eigenvalue weighted by Gasteiger charge is 2.20. The number of cyclic esters (lactones) is 1. The smallest absolute Gasteiger partial charge is 0.334 e. The third kappa shape index (κ3) is 2.86. The first-order chi connectivity index (χ1) is 7.74. The molecule has 1 aromatic rings. The fraction of sp³-hybridized carbons (Fsp3) is 0.308. The van der Waals surface area contributed by atoms with Crippen LogP contribution in [-0.4, -0.2) is 17.2 Å². The van der Waals surface area contributed by atoms with Crippen molar-refractivity contribution in [3.05, 3.63) is 47.7 Å². The normalized spacial score (nSPS) is 20.1. The zero-order valence-corrected chi connectivity index (χ0v) is 8.93. The van der Waals surface area contributed by atoms with E-state index in [1.165, 1.54) is 5.56 Å². The van der Waals surface area contributed by atoms with Crippen LogP contribution >= 0.6 is 0 Å². The van der Waals surface area contributed by atoms with Gasteiger partial charge in [-0.25, -0.2) is 4.79 Å². The van der Waals surface area contributed by atoms with Crippen molar-refractivity contribution in [1.82, 2.24) is 0 Å². The quantitative estimate of drug-likeness (QED) is 0.792. The second-order valence-corrected chi connectivity index (χ2v) is 3.92. The highest BCUT2D eigenvalue weighted by molar-refractivity contribution is 5.83. The maximum atomic E-state index is 11.0. The molecule has 0 spiro atoms. The van der Waals surface area contributed by atoms with Crippen molar-refractivity contribution in [3.63, 3.8) is 0 Å². The maximum absolute atomic E-state index is 11.0. The zero-order valence-electron chi connectivity index (χ0n) is 8.93. The van der Waals surface area contributed by atoms with Crippen LogP contribution in [0.5, 0.6) is 0 Å². The predicted molar refractivity (Wildman–Crippen MR) is 60.0 cm³/mol. The van der Waals surface area contributed by atoms with Gasteiger partial charge in [-0.05, 0) is 18.4 Å². The van der Waals surface area contributed by atoms with E-state index in [1.54, 1.807) is 0 Å². The first-order valence-corrected chi connectivity index (χ1v) is 5.38. The van der Waals surface area contributed by atoms with Crippen LogP contribution in [0.25, 0.3) is 0 Å². The van der Waals surface area contributed by atoms with Crippen LogP contribution in [0.3, 0.4) is 0 Å². The number of aliphatic hydroxyl groups excluding tert-OH is 1. The highest BCUT2D eigenvalue weighted by Crippen LogP contribution is 2.18. The lowest BCUT2D eigenvalue weighted by Crippen LogP contribution is -2.23. The fourth-order valence-electron chi connectivity index (χ4n) is 1.80. The first kappa shape index (κ1) is 10.7. The van der Waals surface area contributed by atoms with Crippen LogP contribution in [0.2, 0.25) is 0 Å². The summed E-state index contributed by atoms with van der Waals surface area (Å²) in [6.07, 6.45) is 2.97. The number of carbonyl (C=O) groups is 1. The molecule has 1 aliphatic heterocycles. The molecule has 0 bridgehead atoms. The van der Waals surface area contributed by atoms with Gasteiger partial charge >= 0.3 is 5.97 Å². The van der Waals surface area contributed by atoms with Crippen LogP contribution in [0.1, 0.15) is 18.4 Å². The van der Waals surface area contributed by atoms with Gasteiger partial charge in [-0.15, -0.1) is 0 Å². The minimum Gasteiger partial charge on any atom is -0.512 e. The van der Waals surface area contributed by atoms with Crippen molar-refractivity contribution in [2.75, 3.05) is 0 Å². The van der Waals surface area contributed by atoms with E-state index >= 15 is 0 Å². The third-order valence-electron chi connectivity index (χ3n) is 2.60. The Balaban J connectivity index is 1.88. The van der Waals surface area contributed by atoms with E-state index in [2.05, 4.69) is 0 Å².